The van der Waals surface area contributed by atoms with E-state index < -0.39 is 6.10 Å². The van der Waals surface area contributed by atoms with Crippen LogP contribution in [0.5, 0.6) is 0 Å². The van der Waals surface area contributed by atoms with Gasteiger partial charge in [-0.2, -0.15) is 0 Å². The number of carbonyl (C=O) groups is 1. The number of hydrogen-bond donors (Lipinski definition) is 1. The van der Waals surface area contributed by atoms with Gasteiger partial charge in [0.05, 0.1) is 12.5 Å². The molecule has 1 aliphatic rings. The van der Waals surface area contributed by atoms with Gasteiger partial charge in [-0.15, -0.1) is 0 Å². The van der Waals surface area contributed by atoms with Crippen LogP contribution in [0.3, 0.4) is 0 Å². The number of unbranched alkanes of at least 4 members (excludes halogenated alkanes) is 1. The SMILES string of the molecule is CCCCC1CC(O)CC(=O)O1. The molecule has 0 saturated carbocycles. The molecule has 1 N–H and O–H groups in total. The van der Waals surface area contributed by atoms with Gasteiger partial charge in [0.25, 0.3) is 0 Å². The first kappa shape index (κ1) is 9.52. The summed E-state index contributed by atoms with van der Waals surface area (Å²) in [4.78, 5) is 10.9. The average molecular weight is 172 g/mol. The van der Waals surface area contributed by atoms with Crippen molar-refractivity contribution >= 4 is 5.97 Å². The molecule has 1 rings (SSSR count). The van der Waals surface area contributed by atoms with E-state index in [9.17, 15) is 9.90 Å². The number of carbonyl (C=O) groups excluding carboxylic acids is 1. The molecule has 0 bridgehead atoms. The Kier molecular flexibility index (Phi) is 3.53. The minimum Gasteiger partial charge on any atom is -0.462 e. The third kappa shape index (κ3) is 2.81. The molecule has 2 unspecified atom stereocenters. The van der Waals surface area contributed by atoms with Gasteiger partial charge >= 0.3 is 5.97 Å². The minimum atomic E-state index is -0.479. The molecular weight excluding hydrogens is 156 g/mol. The van der Waals surface area contributed by atoms with Crippen LogP contribution < -0.4 is 0 Å². The van der Waals surface area contributed by atoms with Gasteiger partial charge < -0.3 is 9.84 Å². The molecule has 0 aromatic carbocycles. The maximum absolute atomic E-state index is 10.9. The number of rotatable bonds is 3. The Hall–Kier alpha value is -0.570. The molecule has 0 amide bonds. The molecule has 12 heavy (non-hydrogen) atoms. The molecular formula is C9H16O3. The van der Waals surface area contributed by atoms with Crippen LogP contribution in [0, 0.1) is 0 Å². The highest BCUT2D eigenvalue weighted by molar-refractivity contribution is 5.70. The van der Waals surface area contributed by atoms with Crippen LogP contribution >= 0.6 is 0 Å². The summed E-state index contributed by atoms with van der Waals surface area (Å²) in [6, 6.07) is 0. The van der Waals surface area contributed by atoms with Gasteiger partial charge in [-0.3, -0.25) is 4.79 Å². The monoisotopic (exact) mass is 172 g/mol. The Morgan fingerprint density at radius 2 is 2.42 bits per heavy atom. The van der Waals surface area contributed by atoms with E-state index in [0.717, 1.165) is 19.3 Å². The summed E-state index contributed by atoms with van der Waals surface area (Å²) in [5.41, 5.74) is 0. The Morgan fingerprint density at radius 3 is 3.00 bits per heavy atom. The number of hydrogen-bond acceptors (Lipinski definition) is 3. The standard InChI is InChI=1S/C9H16O3/c1-2-3-4-8-5-7(10)6-9(11)12-8/h7-8,10H,2-6H2,1H3. The predicted octanol–water partition coefficient (Wildman–Crippen LogP) is 1.24. The van der Waals surface area contributed by atoms with Crippen LogP contribution in [-0.4, -0.2) is 23.3 Å². The number of aliphatic hydroxyl groups is 1. The maximum Gasteiger partial charge on any atom is 0.308 e. The molecule has 1 fully saturated rings. The van der Waals surface area contributed by atoms with E-state index in [4.69, 9.17) is 4.74 Å². The Morgan fingerprint density at radius 1 is 1.67 bits per heavy atom. The van der Waals surface area contributed by atoms with Crippen LogP contribution in [0.1, 0.15) is 39.0 Å². The fraction of sp³-hybridized carbons (Fsp3) is 0.889. The molecule has 1 saturated heterocycles. The minimum absolute atomic E-state index is 0.0406. The normalized spacial score (nSPS) is 30.0. The lowest BCUT2D eigenvalue weighted by Gasteiger charge is -2.25. The first-order valence-electron chi connectivity index (χ1n) is 4.60. The molecule has 70 valence electrons. The van der Waals surface area contributed by atoms with Crippen molar-refractivity contribution in [1.82, 2.24) is 0 Å². The number of cyclic esters (lactones) is 1. The van der Waals surface area contributed by atoms with Crippen LogP contribution in [0.25, 0.3) is 0 Å². The highest BCUT2D eigenvalue weighted by Crippen LogP contribution is 2.19. The number of aliphatic hydroxyl groups excluding tert-OH is 1. The van der Waals surface area contributed by atoms with Crippen molar-refractivity contribution in [2.45, 2.75) is 51.2 Å². The summed E-state index contributed by atoms with van der Waals surface area (Å²) in [6.07, 6.45) is 3.32. The summed E-state index contributed by atoms with van der Waals surface area (Å²) >= 11 is 0. The quantitative estimate of drug-likeness (QED) is 0.651. The van der Waals surface area contributed by atoms with Gasteiger partial charge in [-0.1, -0.05) is 19.8 Å². The molecule has 0 radical (unpaired) electrons. The van der Waals surface area contributed by atoms with Gasteiger partial charge in [0.2, 0.25) is 0 Å². The van der Waals surface area contributed by atoms with Crippen LogP contribution in [0.4, 0.5) is 0 Å². The van der Waals surface area contributed by atoms with Gasteiger partial charge in [-0.05, 0) is 6.42 Å². The summed E-state index contributed by atoms with van der Waals surface area (Å²) in [7, 11) is 0. The van der Waals surface area contributed by atoms with E-state index in [1.807, 2.05) is 0 Å². The molecule has 1 aliphatic heterocycles. The average Bonchev–Trinajstić information content (AvgIpc) is 1.99. The number of esters is 1. The molecule has 3 nitrogen and oxygen atoms in total. The van der Waals surface area contributed by atoms with Gasteiger partial charge in [0.1, 0.15) is 6.10 Å². The molecule has 2 atom stereocenters. The van der Waals surface area contributed by atoms with Crippen molar-refractivity contribution in [2.24, 2.45) is 0 Å². The van der Waals surface area contributed by atoms with Gasteiger partial charge in [-0.25, -0.2) is 0 Å². The fourth-order valence-corrected chi connectivity index (χ4v) is 1.47. The summed E-state index contributed by atoms with van der Waals surface area (Å²) in [6.45, 7) is 2.10. The van der Waals surface area contributed by atoms with Crippen LogP contribution in [0.15, 0.2) is 0 Å². The largest absolute Gasteiger partial charge is 0.462 e. The van der Waals surface area contributed by atoms with Crippen molar-refractivity contribution in [3.8, 4) is 0 Å². The Labute approximate surface area is 72.7 Å². The molecule has 1 heterocycles. The lowest BCUT2D eigenvalue weighted by atomic mass is 10.0. The van der Waals surface area contributed by atoms with Crippen molar-refractivity contribution in [3.05, 3.63) is 0 Å². The Bertz CT molecular complexity index is 156. The molecule has 3 heteroatoms. The third-order valence-electron chi connectivity index (χ3n) is 2.12. The van der Waals surface area contributed by atoms with Crippen molar-refractivity contribution < 1.29 is 14.6 Å². The number of ether oxygens (including phenoxy) is 1. The maximum atomic E-state index is 10.9. The highest BCUT2D eigenvalue weighted by Gasteiger charge is 2.26. The second kappa shape index (κ2) is 4.45. The topological polar surface area (TPSA) is 46.5 Å². The van der Waals surface area contributed by atoms with Crippen molar-refractivity contribution in [2.75, 3.05) is 0 Å². The van der Waals surface area contributed by atoms with E-state index in [0.29, 0.717) is 6.42 Å². The second-order valence-corrected chi connectivity index (χ2v) is 3.35. The van der Waals surface area contributed by atoms with Crippen LogP contribution in [-0.2, 0) is 9.53 Å². The van der Waals surface area contributed by atoms with Crippen molar-refractivity contribution in [1.29, 1.82) is 0 Å². The summed E-state index contributed by atoms with van der Waals surface area (Å²) in [5, 5.41) is 9.25. The third-order valence-corrected chi connectivity index (χ3v) is 2.12. The first-order chi connectivity index (χ1) is 5.72. The van der Waals surface area contributed by atoms with Crippen LogP contribution in [0.2, 0.25) is 0 Å². The highest BCUT2D eigenvalue weighted by atomic mass is 16.5. The van der Waals surface area contributed by atoms with E-state index in [1.54, 1.807) is 0 Å². The molecule has 0 aromatic heterocycles. The zero-order valence-corrected chi connectivity index (χ0v) is 7.45. The molecule has 0 spiro atoms. The van der Waals surface area contributed by atoms with Crippen molar-refractivity contribution in [3.63, 3.8) is 0 Å². The summed E-state index contributed by atoms with van der Waals surface area (Å²) in [5.74, 6) is -0.255. The Balaban J connectivity index is 2.29. The first-order valence-corrected chi connectivity index (χ1v) is 4.60. The zero-order valence-electron chi connectivity index (χ0n) is 7.45. The molecule has 0 aliphatic carbocycles. The summed E-state index contributed by atoms with van der Waals surface area (Å²) < 4.78 is 5.06. The predicted molar refractivity (Wildman–Crippen MR) is 44.6 cm³/mol. The van der Waals surface area contributed by atoms with Gasteiger partial charge in [0.15, 0.2) is 0 Å². The van der Waals surface area contributed by atoms with Gasteiger partial charge in [0, 0.05) is 6.42 Å². The zero-order chi connectivity index (χ0) is 8.97. The van der Waals surface area contributed by atoms with E-state index in [-0.39, 0.29) is 18.5 Å². The van der Waals surface area contributed by atoms with E-state index in [1.165, 1.54) is 0 Å². The fourth-order valence-electron chi connectivity index (χ4n) is 1.47. The second-order valence-electron chi connectivity index (χ2n) is 3.35. The van der Waals surface area contributed by atoms with E-state index >= 15 is 0 Å². The van der Waals surface area contributed by atoms with E-state index in [2.05, 4.69) is 6.92 Å². The lowest BCUT2D eigenvalue weighted by molar-refractivity contribution is -0.160. The molecule has 0 aromatic rings. The lowest BCUT2D eigenvalue weighted by Crippen LogP contribution is -2.32. The smallest absolute Gasteiger partial charge is 0.308 e.